The van der Waals surface area contributed by atoms with E-state index in [1.807, 2.05) is 0 Å². The summed E-state index contributed by atoms with van der Waals surface area (Å²) in [6, 6.07) is 4.50. The van der Waals surface area contributed by atoms with Crippen molar-refractivity contribution >= 4 is 0 Å². The number of nitriles is 1. The third-order valence-corrected chi connectivity index (χ3v) is 1.45. The molecule has 0 spiro atoms. The van der Waals surface area contributed by atoms with E-state index in [0.717, 1.165) is 0 Å². The summed E-state index contributed by atoms with van der Waals surface area (Å²) in [5.41, 5.74) is 0.0216. The van der Waals surface area contributed by atoms with Gasteiger partial charge in [-0.2, -0.15) is 5.26 Å². The Hall–Kier alpha value is -1.89. The number of hydrogen-bond donors (Lipinski definition) is 2. The van der Waals surface area contributed by atoms with Crippen molar-refractivity contribution in [2.24, 2.45) is 0 Å². The summed E-state index contributed by atoms with van der Waals surface area (Å²) >= 11 is 0. The van der Waals surface area contributed by atoms with Crippen LogP contribution in [0, 0.1) is 11.3 Å². The van der Waals surface area contributed by atoms with E-state index in [1.165, 1.54) is 19.2 Å². The highest BCUT2D eigenvalue weighted by atomic mass is 16.5. The van der Waals surface area contributed by atoms with Crippen LogP contribution in [0.15, 0.2) is 12.1 Å². The lowest BCUT2D eigenvalue weighted by atomic mass is 10.2. The maximum Gasteiger partial charge on any atom is 0.201 e. The molecule has 0 aromatic heterocycles. The molecule has 0 aliphatic heterocycles. The fraction of sp³-hybridized carbons (Fsp3) is 0.125. The normalized spacial score (nSPS) is 9.00. The minimum absolute atomic E-state index is 0.0216. The Bertz CT molecular complexity index is 341. The predicted molar refractivity (Wildman–Crippen MR) is 41.0 cm³/mol. The number of phenolic OH excluding ortho intramolecular Hbond substituents is 2. The fourth-order valence-corrected chi connectivity index (χ4v) is 0.816. The number of phenols is 2. The zero-order valence-corrected chi connectivity index (χ0v) is 6.40. The maximum absolute atomic E-state index is 9.18. The molecular weight excluding hydrogens is 158 g/mol. The minimum atomic E-state index is -0.447. The summed E-state index contributed by atoms with van der Waals surface area (Å²) in [7, 11) is 1.36. The van der Waals surface area contributed by atoms with Gasteiger partial charge in [0.25, 0.3) is 0 Å². The standard InChI is InChI=1S/C8H7NO3/c1-12-6-3-2-5(4-9)7(10)8(6)11/h2-3,10-11H,1H3. The average molecular weight is 165 g/mol. The zero-order chi connectivity index (χ0) is 9.14. The number of hydrogen-bond acceptors (Lipinski definition) is 4. The van der Waals surface area contributed by atoms with Crippen LogP contribution < -0.4 is 4.74 Å². The Morgan fingerprint density at radius 3 is 2.50 bits per heavy atom. The highest BCUT2D eigenvalue weighted by Crippen LogP contribution is 2.37. The van der Waals surface area contributed by atoms with E-state index in [-0.39, 0.29) is 11.3 Å². The molecule has 0 radical (unpaired) electrons. The average Bonchev–Trinajstić information content (AvgIpc) is 2.10. The molecule has 0 atom stereocenters. The second-order valence-corrected chi connectivity index (χ2v) is 2.12. The van der Waals surface area contributed by atoms with Gasteiger partial charge in [-0.15, -0.1) is 0 Å². The monoisotopic (exact) mass is 165 g/mol. The van der Waals surface area contributed by atoms with Crippen LogP contribution >= 0.6 is 0 Å². The van der Waals surface area contributed by atoms with Crippen molar-refractivity contribution in [3.8, 4) is 23.3 Å². The lowest BCUT2D eigenvalue weighted by molar-refractivity contribution is 0.350. The Morgan fingerprint density at radius 2 is 2.00 bits per heavy atom. The van der Waals surface area contributed by atoms with Crippen molar-refractivity contribution in [1.29, 1.82) is 5.26 Å². The highest BCUT2D eigenvalue weighted by Gasteiger charge is 2.10. The van der Waals surface area contributed by atoms with Crippen molar-refractivity contribution in [2.45, 2.75) is 0 Å². The second kappa shape index (κ2) is 3.01. The van der Waals surface area contributed by atoms with E-state index < -0.39 is 11.5 Å². The lowest BCUT2D eigenvalue weighted by Gasteiger charge is -2.04. The van der Waals surface area contributed by atoms with Gasteiger partial charge in [0.05, 0.1) is 12.7 Å². The van der Waals surface area contributed by atoms with E-state index >= 15 is 0 Å². The number of aromatic hydroxyl groups is 2. The molecule has 0 amide bonds. The van der Waals surface area contributed by atoms with Crippen LogP contribution in [0.25, 0.3) is 0 Å². The first kappa shape index (κ1) is 8.21. The fourth-order valence-electron chi connectivity index (χ4n) is 0.816. The summed E-state index contributed by atoms with van der Waals surface area (Å²) in [4.78, 5) is 0. The van der Waals surface area contributed by atoms with Crippen molar-refractivity contribution in [3.63, 3.8) is 0 Å². The van der Waals surface area contributed by atoms with Gasteiger partial charge in [-0.3, -0.25) is 0 Å². The van der Waals surface area contributed by atoms with Crippen LogP contribution in [-0.2, 0) is 0 Å². The molecule has 62 valence electrons. The first-order valence-electron chi connectivity index (χ1n) is 3.19. The molecule has 0 saturated carbocycles. The van der Waals surface area contributed by atoms with E-state index in [2.05, 4.69) is 0 Å². The topological polar surface area (TPSA) is 73.5 Å². The Labute approximate surface area is 69.3 Å². The molecule has 1 aromatic rings. The Balaban J connectivity index is 3.32. The van der Waals surface area contributed by atoms with Crippen LogP contribution in [0.2, 0.25) is 0 Å². The van der Waals surface area contributed by atoms with Gasteiger partial charge >= 0.3 is 0 Å². The molecule has 1 rings (SSSR count). The van der Waals surface area contributed by atoms with Gasteiger partial charge < -0.3 is 14.9 Å². The number of rotatable bonds is 1. The van der Waals surface area contributed by atoms with Crippen LogP contribution in [-0.4, -0.2) is 17.3 Å². The molecule has 0 unspecified atom stereocenters. The number of nitrogens with zero attached hydrogens (tertiary/aromatic N) is 1. The predicted octanol–water partition coefficient (Wildman–Crippen LogP) is 0.978. The van der Waals surface area contributed by atoms with Gasteiger partial charge in [-0.25, -0.2) is 0 Å². The van der Waals surface area contributed by atoms with E-state index in [9.17, 15) is 5.11 Å². The third kappa shape index (κ3) is 1.12. The van der Waals surface area contributed by atoms with Crippen molar-refractivity contribution in [1.82, 2.24) is 0 Å². The molecule has 0 aliphatic rings. The molecular formula is C8H7NO3. The van der Waals surface area contributed by atoms with Gasteiger partial charge in [0.1, 0.15) is 6.07 Å². The molecule has 12 heavy (non-hydrogen) atoms. The molecule has 0 saturated heterocycles. The van der Waals surface area contributed by atoms with Crippen molar-refractivity contribution < 1.29 is 14.9 Å². The summed E-state index contributed by atoms with van der Waals surface area (Å²) in [6.45, 7) is 0. The van der Waals surface area contributed by atoms with Gasteiger partial charge in [0, 0.05) is 0 Å². The van der Waals surface area contributed by atoms with Crippen molar-refractivity contribution in [2.75, 3.05) is 7.11 Å². The van der Waals surface area contributed by atoms with Gasteiger partial charge in [0.2, 0.25) is 5.75 Å². The van der Waals surface area contributed by atoms with E-state index in [4.69, 9.17) is 15.1 Å². The number of benzene rings is 1. The minimum Gasteiger partial charge on any atom is -0.503 e. The molecule has 0 aliphatic carbocycles. The molecule has 0 heterocycles. The molecule has 0 bridgehead atoms. The first-order chi connectivity index (χ1) is 5.70. The van der Waals surface area contributed by atoms with Gasteiger partial charge in [-0.05, 0) is 12.1 Å². The van der Waals surface area contributed by atoms with E-state index in [0.29, 0.717) is 0 Å². The van der Waals surface area contributed by atoms with Gasteiger partial charge in [0.15, 0.2) is 11.5 Å². The smallest absolute Gasteiger partial charge is 0.201 e. The zero-order valence-electron chi connectivity index (χ0n) is 6.40. The lowest BCUT2D eigenvalue weighted by Crippen LogP contribution is -1.85. The summed E-state index contributed by atoms with van der Waals surface area (Å²) in [6.07, 6.45) is 0. The molecule has 4 heteroatoms. The van der Waals surface area contributed by atoms with Crippen LogP contribution in [0.5, 0.6) is 17.2 Å². The van der Waals surface area contributed by atoms with E-state index in [1.54, 1.807) is 6.07 Å². The van der Waals surface area contributed by atoms with Crippen LogP contribution in [0.4, 0.5) is 0 Å². The third-order valence-electron chi connectivity index (χ3n) is 1.45. The number of ether oxygens (including phenoxy) is 1. The highest BCUT2D eigenvalue weighted by molar-refractivity contribution is 5.57. The van der Waals surface area contributed by atoms with Gasteiger partial charge in [-0.1, -0.05) is 0 Å². The first-order valence-corrected chi connectivity index (χ1v) is 3.19. The van der Waals surface area contributed by atoms with Crippen molar-refractivity contribution in [3.05, 3.63) is 17.7 Å². The maximum atomic E-state index is 9.18. The SMILES string of the molecule is COc1ccc(C#N)c(O)c1O. The van der Waals surface area contributed by atoms with Crippen LogP contribution in [0.3, 0.4) is 0 Å². The quantitative estimate of drug-likeness (QED) is 0.608. The Kier molecular flexibility index (Phi) is 2.06. The van der Waals surface area contributed by atoms with Crippen LogP contribution in [0.1, 0.15) is 5.56 Å². The largest absolute Gasteiger partial charge is 0.503 e. The molecule has 4 nitrogen and oxygen atoms in total. The summed E-state index contributed by atoms with van der Waals surface area (Å²) < 4.78 is 4.71. The Morgan fingerprint density at radius 1 is 1.33 bits per heavy atom. The number of methoxy groups -OCH3 is 1. The summed E-state index contributed by atoms with van der Waals surface area (Å²) in [5.74, 6) is -0.708. The molecule has 0 fully saturated rings. The molecule has 2 N–H and O–H groups in total. The summed E-state index contributed by atoms with van der Waals surface area (Å²) in [5, 5.41) is 26.8. The molecule has 1 aromatic carbocycles. The second-order valence-electron chi connectivity index (χ2n) is 2.12.